The van der Waals surface area contributed by atoms with Gasteiger partial charge < -0.3 is 0 Å². The average molecular weight is 303 g/mol. The number of rotatable bonds is 3. The Hall–Kier alpha value is -1.08. The molecule has 0 heterocycles. The van der Waals surface area contributed by atoms with Gasteiger partial charge in [0.05, 0.1) is 0 Å². The topological polar surface area (TPSA) is 0 Å². The van der Waals surface area contributed by atoms with Gasteiger partial charge >= 0.3 is 0 Å². The standard InChI is InChI=1S/C17H19Br/c1-12-5-4-6-15(10-12)11-17(18)16-8-7-13(2)9-14(16)3/h4-10,17H,11H2,1-3H3. The van der Waals surface area contributed by atoms with Crippen LogP contribution in [-0.2, 0) is 6.42 Å². The van der Waals surface area contributed by atoms with Gasteiger partial charge in [0.2, 0.25) is 0 Å². The van der Waals surface area contributed by atoms with Gasteiger partial charge in [-0.05, 0) is 43.9 Å². The Balaban J connectivity index is 2.19. The molecular formula is C17H19Br. The maximum atomic E-state index is 3.82. The average Bonchev–Trinajstić information content (AvgIpc) is 2.28. The zero-order chi connectivity index (χ0) is 13.1. The molecule has 0 nitrogen and oxygen atoms in total. The first-order valence-corrected chi connectivity index (χ1v) is 7.24. The van der Waals surface area contributed by atoms with Crippen molar-refractivity contribution in [2.75, 3.05) is 0 Å². The van der Waals surface area contributed by atoms with E-state index in [0.29, 0.717) is 4.83 Å². The van der Waals surface area contributed by atoms with E-state index in [0.717, 1.165) is 6.42 Å². The van der Waals surface area contributed by atoms with Gasteiger partial charge in [0, 0.05) is 4.83 Å². The second-order valence-corrected chi connectivity index (χ2v) is 6.13. The smallest absolute Gasteiger partial charge is 0.0438 e. The minimum atomic E-state index is 0.389. The molecule has 0 spiro atoms. The zero-order valence-corrected chi connectivity index (χ0v) is 12.8. The zero-order valence-electron chi connectivity index (χ0n) is 11.2. The van der Waals surface area contributed by atoms with Gasteiger partial charge in [-0.25, -0.2) is 0 Å². The van der Waals surface area contributed by atoms with E-state index < -0.39 is 0 Å². The maximum Gasteiger partial charge on any atom is 0.0438 e. The molecule has 0 saturated heterocycles. The van der Waals surface area contributed by atoms with Crippen LogP contribution >= 0.6 is 15.9 Å². The van der Waals surface area contributed by atoms with Crippen LogP contribution in [0.5, 0.6) is 0 Å². The van der Waals surface area contributed by atoms with Crippen LogP contribution in [0.15, 0.2) is 42.5 Å². The van der Waals surface area contributed by atoms with Crippen LogP contribution in [-0.4, -0.2) is 0 Å². The van der Waals surface area contributed by atoms with E-state index in [4.69, 9.17) is 0 Å². The molecule has 94 valence electrons. The summed E-state index contributed by atoms with van der Waals surface area (Å²) in [5.41, 5.74) is 6.79. The third kappa shape index (κ3) is 3.23. The number of hydrogen-bond acceptors (Lipinski definition) is 0. The van der Waals surface area contributed by atoms with Gasteiger partial charge in [0.15, 0.2) is 0 Å². The lowest BCUT2D eigenvalue weighted by atomic mass is 9.98. The Labute approximate surface area is 118 Å². The summed E-state index contributed by atoms with van der Waals surface area (Å²) in [6.07, 6.45) is 1.03. The van der Waals surface area contributed by atoms with Crippen LogP contribution in [0.2, 0.25) is 0 Å². The third-order valence-corrected chi connectivity index (χ3v) is 4.08. The van der Waals surface area contributed by atoms with Crippen LogP contribution in [0.3, 0.4) is 0 Å². The Morgan fingerprint density at radius 3 is 2.33 bits per heavy atom. The molecule has 0 aliphatic carbocycles. The highest BCUT2D eigenvalue weighted by molar-refractivity contribution is 9.09. The summed E-state index contributed by atoms with van der Waals surface area (Å²) in [6.45, 7) is 6.47. The van der Waals surface area contributed by atoms with Gasteiger partial charge in [0.1, 0.15) is 0 Å². The van der Waals surface area contributed by atoms with E-state index in [2.05, 4.69) is 79.2 Å². The van der Waals surface area contributed by atoms with Crippen molar-refractivity contribution in [3.05, 3.63) is 70.3 Å². The van der Waals surface area contributed by atoms with Crippen LogP contribution in [0.1, 0.15) is 32.6 Å². The van der Waals surface area contributed by atoms with E-state index >= 15 is 0 Å². The van der Waals surface area contributed by atoms with Crippen molar-refractivity contribution in [1.82, 2.24) is 0 Å². The predicted octanol–water partition coefficient (Wildman–Crippen LogP) is 5.29. The van der Waals surface area contributed by atoms with Crippen LogP contribution < -0.4 is 0 Å². The second kappa shape index (κ2) is 5.71. The molecule has 1 heteroatoms. The highest BCUT2D eigenvalue weighted by atomic mass is 79.9. The van der Waals surface area contributed by atoms with E-state index in [1.807, 2.05) is 0 Å². The number of alkyl halides is 1. The van der Waals surface area contributed by atoms with Crippen molar-refractivity contribution >= 4 is 15.9 Å². The van der Waals surface area contributed by atoms with Crippen molar-refractivity contribution < 1.29 is 0 Å². The molecule has 0 fully saturated rings. The molecule has 2 aromatic carbocycles. The first-order chi connectivity index (χ1) is 8.56. The minimum Gasteiger partial charge on any atom is -0.0835 e. The molecule has 2 rings (SSSR count). The Morgan fingerprint density at radius 1 is 0.944 bits per heavy atom. The van der Waals surface area contributed by atoms with Crippen molar-refractivity contribution in [2.24, 2.45) is 0 Å². The van der Waals surface area contributed by atoms with Gasteiger partial charge in [-0.2, -0.15) is 0 Å². The number of benzene rings is 2. The van der Waals surface area contributed by atoms with Crippen molar-refractivity contribution in [2.45, 2.75) is 32.0 Å². The summed E-state index contributed by atoms with van der Waals surface area (Å²) in [7, 11) is 0. The van der Waals surface area contributed by atoms with Crippen molar-refractivity contribution in [3.8, 4) is 0 Å². The molecule has 0 amide bonds. The van der Waals surface area contributed by atoms with E-state index in [9.17, 15) is 0 Å². The van der Waals surface area contributed by atoms with E-state index in [-0.39, 0.29) is 0 Å². The van der Waals surface area contributed by atoms with Gasteiger partial charge in [-0.15, -0.1) is 0 Å². The summed E-state index contributed by atoms with van der Waals surface area (Å²) in [4.78, 5) is 0.389. The summed E-state index contributed by atoms with van der Waals surface area (Å²) >= 11 is 3.82. The molecule has 0 aromatic heterocycles. The van der Waals surface area contributed by atoms with E-state index in [1.54, 1.807) is 0 Å². The monoisotopic (exact) mass is 302 g/mol. The lowest BCUT2D eigenvalue weighted by Crippen LogP contribution is -1.98. The molecule has 0 saturated carbocycles. The summed E-state index contributed by atoms with van der Waals surface area (Å²) in [5, 5.41) is 0. The normalized spacial score (nSPS) is 12.4. The highest BCUT2D eigenvalue weighted by Gasteiger charge is 2.11. The molecule has 0 aliphatic rings. The van der Waals surface area contributed by atoms with Crippen LogP contribution in [0.25, 0.3) is 0 Å². The summed E-state index contributed by atoms with van der Waals surface area (Å²) < 4.78 is 0. The molecule has 18 heavy (non-hydrogen) atoms. The SMILES string of the molecule is Cc1cccc(CC(Br)c2ccc(C)cc2C)c1. The van der Waals surface area contributed by atoms with Crippen LogP contribution in [0, 0.1) is 20.8 Å². The predicted molar refractivity (Wildman–Crippen MR) is 82.5 cm³/mol. The number of halogens is 1. The van der Waals surface area contributed by atoms with Crippen LogP contribution in [0.4, 0.5) is 0 Å². The summed E-state index contributed by atoms with van der Waals surface area (Å²) in [5.74, 6) is 0. The fraction of sp³-hybridized carbons (Fsp3) is 0.294. The molecule has 0 bridgehead atoms. The second-order valence-electron chi connectivity index (χ2n) is 5.02. The van der Waals surface area contributed by atoms with Crippen molar-refractivity contribution in [1.29, 1.82) is 0 Å². The Morgan fingerprint density at radius 2 is 1.67 bits per heavy atom. The molecule has 1 unspecified atom stereocenters. The molecule has 0 N–H and O–H groups in total. The molecule has 0 radical (unpaired) electrons. The Bertz CT molecular complexity index is 543. The first-order valence-electron chi connectivity index (χ1n) is 6.33. The largest absolute Gasteiger partial charge is 0.0835 e. The number of aryl methyl sites for hydroxylation is 3. The molecular weight excluding hydrogens is 284 g/mol. The fourth-order valence-corrected chi connectivity index (χ4v) is 3.22. The lowest BCUT2D eigenvalue weighted by Gasteiger charge is -2.14. The molecule has 0 aliphatic heterocycles. The molecule has 1 atom stereocenters. The van der Waals surface area contributed by atoms with E-state index in [1.165, 1.54) is 27.8 Å². The Kier molecular flexibility index (Phi) is 4.23. The highest BCUT2D eigenvalue weighted by Crippen LogP contribution is 2.30. The third-order valence-electron chi connectivity index (χ3n) is 3.26. The molecule has 2 aromatic rings. The first kappa shape index (κ1) is 13.4. The fourth-order valence-electron chi connectivity index (χ4n) is 2.33. The number of hydrogen-bond donors (Lipinski definition) is 0. The quantitative estimate of drug-likeness (QED) is 0.676. The van der Waals surface area contributed by atoms with Gasteiger partial charge in [0.25, 0.3) is 0 Å². The lowest BCUT2D eigenvalue weighted by molar-refractivity contribution is 0.935. The summed E-state index contributed by atoms with van der Waals surface area (Å²) in [6, 6.07) is 15.4. The van der Waals surface area contributed by atoms with Gasteiger partial charge in [-0.1, -0.05) is 69.5 Å². The minimum absolute atomic E-state index is 0.389. The van der Waals surface area contributed by atoms with Gasteiger partial charge in [-0.3, -0.25) is 0 Å². The van der Waals surface area contributed by atoms with Crippen molar-refractivity contribution in [3.63, 3.8) is 0 Å². The maximum absolute atomic E-state index is 3.82.